The fraction of sp³-hybridized carbons (Fsp3) is 0.767. The Labute approximate surface area is 279 Å². The van der Waals surface area contributed by atoms with Crippen molar-refractivity contribution in [2.45, 2.75) is 64.7 Å². The van der Waals surface area contributed by atoms with Crippen molar-refractivity contribution in [3.05, 3.63) is 25.1 Å². The predicted molar refractivity (Wildman–Crippen MR) is 197 cm³/mol. The second-order valence-electron chi connectivity index (χ2n) is 10.0. The highest BCUT2D eigenvalue weighted by Crippen LogP contribution is 2.14. The van der Waals surface area contributed by atoms with E-state index in [4.69, 9.17) is 17.2 Å². The van der Waals surface area contributed by atoms with Crippen molar-refractivity contribution in [1.29, 1.82) is 0 Å². The summed E-state index contributed by atoms with van der Waals surface area (Å²) in [5.41, 5.74) is 16.5. The number of amides is 2. The smallest absolute Gasteiger partial charge is 0.225 e. The van der Waals surface area contributed by atoms with Gasteiger partial charge < -0.3 is 32.3 Å². The van der Waals surface area contributed by atoms with Crippen molar-refractivity contribution >= 4 is 64.8 Å². The number of thioether (sulfide) groups is 4. The molecule has 0 aliphatic rings. The number of nitrogens with zero attached hydrogens (tertiary/aromatic N) is 3. The number of hydrogen-bond donors (Lipinski definition) is 4. The first-order valence-electron chi connectivity index (χ1n) is 15.5. The van der Waals surface area contributed by atoms with Crippen LogP contribution in [0.15, 0.2) is 30.0 Å². The first-order valence-corrected chi connectivity index (χ1v) is 20.1. The van der Waals surface area contributed by atoms with E-state index >= 15 is 0 Å². The van der Waals surface area contributed by atoms with Crippen LogP contribution in [0.5, 0.6) is 0 Å². The maximum absolute atomic E-state index is 12.9. The standard InChI is InChI=1S/C30H59N7O2S4/c1-4-6-18-40-19-7-9-21-42-24-12-28(38)36(17-14-34-30(32)33)16-11-23-41-20-8-10-22-43-25-13-29(39)37(15-5-2)26-35-27(3)31/h5,35H,2-4,6-26,31H2,1H3,(H4,32,33,34). The molecular weight excluding hydrogens is 619 g/mol. The number of guanidine groups is 1. The zero-order chi connectivity index (χ0) is 32.0. The summed E-state index contributed by atoms with van der Waals surface area (Å²) in [5.74, 6) is 9.22. The maximum Gasteiger partial charge on any atom is 0.225 e. The zero-order valence-corrected chi connectivity index (χ0v) is 29.8. The number of nitrogens with one attached hydrogen (secondary N) is 1. The quantitative estimate of drug-likeness (QED) is 0.0272. The van der Waals surface area contributed by atoms with Crippen molar-refractivity contribution in [2.24, 2.45) is 22.2 Å². The van der Waals surface area contributed by atoms with Crippen molar-refractivity contribution in [2.75, 3.05) is 78.9 Å². The Morgan fingerprint density at radius 1 is 0.744 bits per heavy atom. The lowest BCUT2D eigenvalue weighted by Crippen LogP contribution is -2.40. The van der Waals surface area contributed by atoms with Gasteiger partial charge in [-0.2, -0.15) is 47.0 Å². The lowest BCUT2D eigenvalue weighted by Gasteiger charge is -2.22. The Hall–Kier alpha value is -1.31. The van der Waals surface area contributed by atoms with Gasteiger partial charge in [0.05, 0.1) is 19.0 Å². The van der Waals surface area contributed by atoms with E-state index in [0.717, 1.165) is 60.3 Å². The van der Waals surface area contributed by atoms with Crippen LogP contribution >= 0.6 is 47.0 Å². The van der Waals surface area contributed by atoms with Gasteiger partial charge in [0.25, 0.3) is 0 Å². The third-order valence-corrected chi connectivity index (χ3v) is 10.6. The van der Waals surface area contributed by atoms with E-state index in [1.807, 2.05) is 40.2 Å². The summed E-state index contributed by atoms with van der Waals surface area (Å²) in [7, 11) is 0. The molecule has 0 unspecified atom stereocenters. The monoisotopic (exact) mass is 677 g/mol. The van der Waals surface area contributed by atoms with Crippen LogP contribution < -0.4 is 22.5 Å². The minimum atomic E-state index is 0.0669. The van der Waals surface area contributed by atoms with Crippen molar-refractivity contribution in [3.63, 3.8) is 0 Å². The summed E-state index contributed by atoms with van der Waals surface area (Å²) in [6.45, 7) is 12.1. The fourth-order valence-corrected chi connectivity index (χ4v) is 7.65. The first-order chi connectivity index (χ1) is 20.8. The number of rotatable bonds is 31. The molecule has 0 rings (SSSR count). The van der Waals surface area contributed by atoms with E-state index < -0.39 is 0 Å². The molecule has 43 heavy (non-hydrogen) atoms. The van der Waals surface area contributed by atoms with Crippen LogP contribution in [0.2, 0.25) is 0 Å². The summed E-state index contributed by atoms with van der Waals surface area (Å²) < 4.78 is 0. The SMILES string of the molecule is C=CCN(CNC(=C)N)C(=O)CCSCCCCSCCCN(CCN=C(N)N)C(=O)CCSCCCCSCCCC. The largest absolute Gasteiger partial charge is 0.386 e. The summed E-state index contributed by atoms with van der Waals surface area (Å²) in [5, 5.41) is 2.89. The lowest BCUT2D eigenvalue weighted by molar-refractivity contribution is -0.131. The number of carbonyl (C=O) groups is 2. The molecule has 0 aliphatic heterocycles. The van der Waals surface area contributed by atoms with Crippen LogP contribution in [0.3, 0.4) is 0 Å². The van der Waals surface area contributed by atoms with E-state index in [9.17, 15) is 9.59 Å². The van der Waals surface area contributed by atoms with Crippen molar-refractivity contribution in [1.82, 2.24) is 15.1 Å². The molecule has 0 aliphatic carbocycles. The van der Waals surface area contributed by atoms with E-state index in [2.05, 4.69) is 42.2 Å². The molecule has 9 nitrogen and oxygen atoms in total. The molecule has 250 valence electrons. The molecule has 0 saturated carbocycles. The minimum absolute atomic E-state index is 0.0669. The molecule has 0 spiro atoms. The van der Waals surface area contributed by atoms with Gasteiger partial charge in [0.15, 0.2) is 5.96 Å². The zero-order valence-electron chi connectivity index (χ0n) is 26.6. The van der Waals surface area contributed by atoms with Crippen molar-refractivity contribution < 1.29 is 9.59 Å². The number of hydrogen-bond acceptors (Lipinski definition) is 9. The molecule has 13 heteroatoms. The average Bonchev–Trinajstić information content (AvgIpc) is 2.97. The minimum Gasteiger partial charge on any atom is -0.386 e. The molecule has 7 N–H and O–H groups in total. The second-order valence-corrected chi connectivity index (χ2v) is 14.9. The Morgan fingerprint density at radius 3 is 1.72 bits per heavy atom. The Kier molecular flexibility index (Phi) is 29.8. The summed E-state index contributed by atoms with van der Waals surface area (Å²) >= 11 is 7.71. The topological polar surface area (TPSA) is 143 Å². The normalized spacial score (nSPS) is 10.7. The molecule has 0 fully saturated rings. The van der Waals surface area contributed by atoms with Gasteiger partial charge >= 0.3 is 0 Å². The van der Waals surface area contributed by atoms with Gasteiger partial charge in [-0.3, -0.25) is 14.6 Å². The van der Waals surface area contributed by atoms with E-state index in [-0.39, 0.29) is 17.8 Å². The molecule has 0 atom stereocenters. The highest BCUT2D eigenvalue weighted by Gasteiger charge is 2.13. The van der Waals surface area contributed by atoms with Gasteiger partial charge in [-0.1, -0.05) is 26.0 Å². The van der Waals surface area contributed by atoms with Crippen LogP contribution in [0.4, 0.5) is 0 Å². The number of unbranched alkanes of at least 4 members (excludes halogenated alkanes) is 3. The highest BCUT2D eigenvalue weighted by atomic mass is 32.2. The number of nitrogens with two attached hydrogens (primary N) is 3. The molecule has 0 bridgehead atoms. The van der Waals surface area contributed by atoms with Gasteiger partial charge in [-0.05, 0) is 73.0 Å². The van der Waals surface area contributed by atoms with Crippen LogP contribution in [-0.4, -0.2) is 106 Å². The lowest BCUT2D eigenvalue weighted by atomic mass is 10.3. The van der Waals surface area contributed by atoms with Gasteiger partial charge in [0, 0.05) is 44.0 Å². The summed E-state index contributed by atoms with van der Waals surface area (Å²) in [6, 6.07) is 0. The maximum atomic E-state index is 12.9. The third-order valence-electron chi connectivity index (χ3n) is 6.15. The highest BCUT2D eigenvalue weighted by molar-refractivity contribution is 8.00. The Bertz CT molecular complexity index is 771. The predicted octanol–water partition coefficient (Wildman–Crippen LogP) is 4.54. The Balaban J connectivity index is 4.02. The Morgan fingerprint density at radius 2 is 1.23 bits per heavy atom. The van der Waals surface area contributed by atoms with Crippen LogP contribution in [0.1, 0.15) is 64.7 Å². The van der Waals surface area contributed by atoms with Crippen LogP contribution in [-0.2, 0) is 9.59 Å². The molecule has 0 heterocycles. The van der Waals surface area contributed by atoms with Crippen LogP contribution in [0, 0.1) is 0 Å². The second kappa shape index (κ2) is 30.7. The van der Waals surface area contributed by atoms with Gasteiger partial charge in [-0.15, -0.1) is 6.58 Å². The van der Waals surface area contributed by atoms with Gasteiger partial charge in [-0.25, -0.2) is 0 Å². The van der Waals surface area contributed by atoms with E-state index in [0.29, 0.717) is 45.0 Å². The molecular formula is C30H59N7O2S4. The average molecular weight is 678 g/mol. The van der Waals surface area contributed by atoms with Crippen molar-refractivity contribution in [3.8, 4) is 0 Å². The molecule has 2 amide bonds. The summed E-state index contributed by atoms with van der Waals surface area (Å²) in [6.07, 6.45) is 11.1. The molecule has 0 aromatic rings. The summed E-state index contributed by atoms with van der Waals surface area (Å²) in [4.78, 5) is 33.0. The molecule has 0 aromatic carbocycles. The number of carbonyl (C=O) groups excluding carboxylic acids is 2. The fourth-order valence-electron chi connectivity index (χ4n) is 3.73. The molecule has 0 aromatic heterocycles. The first kappa shape index (κ1) is 41.7. The van der Waals surface area contributed by atoms with E-state index in [1.54, 1.807) is 11.0 Å². The molecule has 0 radical (unpaired) electrons. The van der Waals surface area contributed by atoms with Gasteiger partial charge in [0.2, 0.25) is 11.8 Å². The van der Waals surface area contributed by atoms with Crippen LogP contribution in [0.25, 0.3) is 0 Å². The number of aliphatic imine (C=N–C) groups is 1. The van der Waals surface area contributed by atoms with E-state index in [1.165, 1.54) is 37.2 Å². The molecule has 0 saturated heterocycles. The third kappa shape index (κ3) is 27.9. The van der Waals surface area contributed by atoms with Gasteiger partial charge in [0.1, 0.15) is 0 Å².